The summed E-state index contributed by atoms with van der Waals surface area (Å²) in [5, 5.41) is 3.23. The molecule has 1 fully saturated rings. The number of rotatable bonds is 4. The smallest absolute Gasteiger partial charge is 0.254 e. The minimum atomic E-state index is 0.125. The van der Waals surface area contributed by atoms with Gasteiger partial charge in [0.25, 0.3) is 5.91 Å². The van der Waals surface area contributed by atoms with Gasteiger partial charge in [0.2, 0.25) is 0 Å². The maximum absolute atomic E-state index is 12.6. The van der Waals surface area contributed by atoms with Crippen LogP contribution in [0, 0.1) is 5.41 Å². The summed E-state index contributed by atoms with van der Waals surface area (Å²) >= 11 is 0. The molecule has 1 aliphatic heterocycles. The summed E-state index contributed by atoms with van der Waals surface area (Å²) in [5.74, 6) is 0.911. The van der Waals surface area contributed by atoms with Gasteiger partial charge in [-0.2, -0.15) is 0 Å². The summed E-state index contributed by atoms with van der Waals surface area (Å²) in [6, 6.07) is 3.67. The molecule has 1 N–H and O–H groups in total. The highest BCUT2D eigenvalue weighted by atomic mass is 16.2. The fourth-order valence-electron chi connectivity index (χ4n) is 2.69. The summed E-state index contributed by atoms with van der Waals surface area (Å²) in [4.78, 5) is 18.8. The monoisotopic (exact) mass is 275 g/mol. The van der Waals surface area contributed by atoms with E-state index in [-0.39, 0.29) is 11.3 Å². The minimum Gasteiger partial charge on any atom is -0.370 e. The maximum atomic E-state index is 12.6. The van der Waals surface area contributed by atoms with Gasteiger partial charge >= 0.3 is 0 Å². The molecule has 1 amide bonds. The van der Waals surface area contributed by atoms with Crippen molar-refractivity contribution in [1.82, 2.24) is 9.88 Å². The normalized spacial score (nSPS) is 17.9. The number of aromatic nitrogens is 1. The van der Waals surface area contributed by atoms with E-state index in [1.807, 2.05) is 11.0 Å². The van der Waals surface area contributed by atoms with Crippen LogP contribution in [0.2, 0.25) is 0 Å². The maximum Gasteiger partial charge on any atom is 0.254 e. The molecule has 1 aromatic rings. The molecule has 0 aromatic carbocycles. The topological polar surface area (TPSA) is 45.2 Å². The zero-order valence-electron chi connectivity index (χ0n) is 12.8. The summed E-state index contributed by atoms with van der Waals surface area (Å²) in [6.45, 7) is 9.15. The number of hydrogen-bond acceptors (Lipinski definition) is 3. The van der Waals surface area contributed by atoms with Crippen molar-refractivity contribution in [2.75, 3.05) is 25.0 Å². The van der Waals surface area contributed by atoms with Gasteiger partial charge in [-0.15, -0.1) is 0 Å². The van der Waals surface area contributed by atoms with E-state index in [9.17, 15) is 4.79 Å². The number of carbonyl (C=O) groups is 1. The molecule has 0 atom stereocenters. The number of hydrogen-bond donors (Lipinski definition) is 1. The lowest BCUT2D eigenvalue weighted by molar-refractivity contribution is 0.0583. The number of amides is 1. The minimum absolute atomic E-state index is 0.125. The SMILES string of the molecule is CCCNc1cc(C(=O)N2CCCC(C)(C)C2)ccn1. The second-order valence-corrected chi connectivity index (χ2v) is 6.35. The highest BCUT2D eigenvalue weighted by Crippen LogP contribution is 2.29. The standard InChI is InChI=1S/C16H25N3O/c1-4-8-17-14-11-13(6-9-18-14)15(20)19-10-5-7-16(2,3)12-19/h6,9,11H,4-5,7-8,10,12H2,1-3H3,(H,17,18). The summed E-state index contributed by atoms with van der Waals surface area (Å²) < 4.78 is 0. The lowest BCUT2D eigenvalue weighted by atomic mass is 9.84. The zero-order valence-corrected chi connectivity index (χ0v) is 12.8. The molecule has 20 heavy (non-hydrogen) atoms. The predicted octanol–water partition coefficient (Wildman–Crippen LogP) is 3.17. The average molecular weight is 275 g/mol. The molecule has 0 aliphatic carbocycles. The van der Waals surface area contributed by atoms with E-state index in [0.717, 1.165) is 43.9 Å². The van der Waals surface area contributed by atoms with Gasteiger partial charge in [0, 0.05) is 31.4 Å². The molecule has 1 aromatic heterocycles. The van der Waals surface area contributed by atoms with E-state index in [2.05, 4.69) is 31.1 Å². The molecule has 0 bridgehead atoms. The first-order valence-electron chi connectivity index (χ1n) is 7.51. The van der Waals surface area contributed by atoms with Crippen LogP contribution in [0.3, 0.4) is 0 Å². The second-order valence-electron chi connectivity index (χ2n) is 6.35. The lowest BCUT2D eigenvalue weighted by Crippen LogP contribution is -2.43. The second kappa shape index (κ2) is 6.25. The molecular formula is C16H25N3O. The van der Waals surface area contributed by atoms with Crippen molar-refractivity contribution in [3.63, 3.8) is 0 Å². The quantitative estimate of drug-likeness (QED) is 0.918. The van der Waals surface area contributed by atoms with Crippen LogP contribution in [0.4, 0.5) is 5.82 Å². The van der Waals surface area contributed by atoms with E-state index < -0.39 is 0 Å². The Morgan fingerprint density at radius 3 is 3.00 bits per heavy atom. The highest BCUT2D eigenvalue weighted by molar-refractivity contribution is 5.94. The van der Waals surface area contributed by atoms with Gasteiger partial charge in [0.1, 0.15) is 5.82 Å². The molecule has 2 rings (SSSR count). The number of likely N-dealkylation sites (tertiary alicyclic amines) is 1. The molecule has 2 heterocycles. The highest BCUT2D eigenvalue weighted by Gasteiger charge is 2.29. The van der Waals surface area contributed by atoms with E-state index in [4.69, 9.17) is 0 Å². The predicted molar refractivity (Wildman–Crippen MR) is 81.9 cm³/mol. The molecule has 0 radical (unpaired) electrons. The van der Waals surface area contributed by atoms with Crippen LogP contribution in [0.25, 0.3) is 0 Å². The number of nitrogens with one attached hydrogen (secondary N) is 1. The largest absolute Gasteiger partial charge is 0.370 e. The Balaban J connectivity index is 2.08. The first kappa shape index (κ1) is 14.8. The van der Waals surface area contributed by atoms with Crippen LogP contribution >= 0.6 is 0 Å². The van der Waals surface area contributed by atoms with E-state index >= 15 is 0 Å². The Labute approximate surface area is 121 Å². The molecule has 4 heteroatoms. The summed E-state index contributed by atoms with van der Waals surface area (Å²) in [6.07, 6.45) is 5.03. The zero-order chi connectivity index (χ0) is 14.6. The number of nitrogens with zero attached hydrogens (tertiary/aromatic N) is 2. The van der Waals surface area contributed by atoms with Crippen LogP contribution in [-0.2, 0) is 0 Å². The van der Waals surface area contributed by atoms with Crippen LogP contribution in [-0.4, -0.2) is 35.4 Å². The Hall–Kier alpha value is -1.58. The van der Waals surface area contributed by atoms with Crippen molar-refractivity contribution < 1.29 is 4.79 Å². The van der Waals surface area contributed by atoms with Crippen LogP contribution in [0.15, 0.2) is 18.3 Å². The van der Waals surface area contributed by atoms with E-state index in [0.29, 0.717) is 0 Å². The molecule has 0 spiro atoms. The molecule has 4 nitrogen and oxygen atoms in total. The van der Waals surface area contributed by atoms with Crippen molar-refractivity contribution in [1.29, 1.82) is 0 Å². The Morgan fingerprint density at radius 1 is 1.50 bits per heavy atom. The molecule has 1 aliphatic rings. The number of anilines is 1. The van der Waals surface area contributed by atoms with Crippen molar-refractivity contribution >= 4 is 11.7 Å². The molecule has 0 unspecified atom stereocenters. The van der Waals surface area contributed by atoms with Crippen LogP contribution in [0.1, 0.15) is 50.4 Å². The van der Waals surface area contributed by atoms with Crippen LogP contribution < -0.4 is 5.32 Å². The molecule has 0 saturated carbocycles. The third-order valence-electron chi connectivity index (χ3n) is 3.75. The molecular weight excluding hydrogens is 250 g/mol. The first-order chi connectivity index (χ1) is 9.52. The number of carbonyl (C=O) groups excluding carboxylic acids is 1. The van der Waals surface area contributed by atoms with Crippen molar-refractivity contribution in [3.05, 3.63) is 23.9 Å². The average Bonchev–Trinajstić information content (AvgIpc) is 2.43. The number of pyridine rings is 1. The Kier molecular flexibility index (Phi) is 4.63. The fourth-order valence-corrected chi connectivity index (χ4v) is 2.69. The van der Waals surface area contributed by atoms with Gasteiger partial charge in [-0.05, 0) is 36.8 Å². The van der Waals surface area contributed by atoms with E-state index in [1.165, 1.54) is 6.42 Å². The summed E-state index contributed by atoms with van der Waals surface area (Å²) in [7, 11) is 0. The number of piperidine rings is 1. The van der Waals surface area contributed by atoms with Gasteiger partial charge < -0.3 is 10.2 Å². The van der Waals surface area contributed by atoms with Crippen molar-refractivity contribution in [2.45, 2.75) is 40.0 Å². The third-order valence-corrected chi connectivity index (χ3v) is 3.75. The third kappa shape index (κ3) is 3.71. The van der Waals surface area contributed by atoms with Gasteiger partial charge in [0.15, 0.2) is 0 Å². The van der Waals surface area contributed by atoms with Crippen LogP contribution in [0.5, 0.6) is 0 Å². The molecule has 1 saturated heterocycles. The summed E-state index contributed by atoms with van der Waals surface area (Å²) in [5.41, 5.74) is 0.959. The van der Waals surface area contributed by atoms with Crippen molar-refractivity contribution in [2.24, 2.45) is 5.41 Å². The Morgan fingerprint density at radius 2 is 2.30 bits per heavy atom. The lowest BCUT2D eigenvalue weighted by Gasteiger charge is -2.38. The first-order valence-corrected chi connectivity index (χ1v) is 7.51. The van der Waals surface area contributed by atoms with Crippen molar-refractivity contribution in [3.8, 4) is 0 Å². The van der Waals surface area contributed by atoms with Gasteiger partial charge in [-0.1, -0.05) is 20.8 Å². The fraction of sp³-hybridized carbons (Fsp3) is 0.625. The molecule has 110 valence electrons. The van der Waals surface area contributed by atoms with E-state index in [1.54, 1.807) is 12.3 Å². The Bertz CT molecular complexity index is 471. The van der Waals surface area contributed by atoms with Gasteiger partial charge in [-0.25, -0.2) is 4.98 Å². The van der Waals surface area contributed by atoms with Gasteiger partial charge in [0.05, 0.1) is 0 Å². The van der Waals surface area contributed by atoms with Gasteiger partial charge in [-0.3, -0.25) is 4.79 Å².